The molecule has 0 amide bonds. The van der Waals surface area contributed by atoms with Gasteiger partial charge in [-0.1, -0.05) is 104 Å². The van der Waals surface area contributed by atoms with Gasteiger partial charge in [0.25, 0.3) is 0 Å². The summed E-state index contributed by atoms with van der Waals surface area (Å²) in [6.07, 6.45) is 21.3. The van der Waals surface area contributed by atoms with Gasteiger partial charge >= 0.3 is 0 Å². The molecular formula is C19H41N. The fraction of sp³-hybridized carbons (Fsp3) is 1.00. The van der Waals surface area contributed by atoms with E-state index >= 15 is 0 Å². The Labute approximate surface area is 129 Å². The summed E-state index contributed by atoms with van der Waals surface area (Å²) in [6.45, 7) is 5.61. The van der Waals surface area contributed by atoms with Gasteiger partial charge in [-0.25, -0.2) is 0 Å². The van der Waals surface area contributed by atoms with Crippen LogP contribution in [0.1, 0.15) is 110 Å². The lowest BCUT2D eigenvalue weighted by Gasteiger charge is -2.10. The minimum atomic E-state index is 0.872. The Bertz CT molecular complexity index is 167. The van der Waals surface area contributed by atoms with Crippen molar-refractivity contribution < 1.29 is 0 Å². The summed E-state index contributed by atoms with van der Waals surface area (Å²) >= 11 is 0. The molecule has 1 unspecified atom stereocenters. The van der Waals surface area contributed by atoms with E-state index in [1.165, 1.54) is 96.3 Å². The second-order valence-electron chi connectivity index (χ2n) is 6.71. The van der Waals surface area contributed by atoms with E-state index in [0.29, 0.717) is 0 Å². The summed E-state index contributed by atoms with van der Waals surface area (Å²) in [7, 11) is 0. The van der Waals surface area contributed by atoms with E-state index in [2.05, 4.69) is 13.8 Å². The average molecular weight is 284 g/mol. The van der Waals surface area contributed by atoms with E-state index in [-0.39, 0.29) is 0 Å². The van der Waals surface area contributed by atoms with E-state index < -0.39 is 0 Å². The number of rotatable bonds is 16. The molecule has 122 valence electrons. The molecule has 1 atom stereocenters. The van der Waals surface area contributed by atoms with Gasteiger partial charge in [0.2, 0.25) is 0 Å². The predicted molar refractivity (Wildman–Crippen MR) is 93.1 cm³/mol. The summed E-state index contributed by atoms with van der Waals surface area (Å²) in [5, 5.41) is 0. The van der Waals surface area contributed by atoms with Crippen LogP contribution in [0.3, 0.4) is 0 Å². The summed E-state index contributed by atoms with van der Waals surface area (Å²) in [4.78, 5) is 0. The molecule has 0 bridgehead atoms. The highest BCUT2D eigenvalue weighted by molar-refractivity contribution is 4.55. The minimum Gasteiger partial charge on any atom is -0.330 e. The molecule has 0 aromatic rings. The van der Waals surface area contributed by atoms with Crippen LogP contribution >= 0.6 is 0 Å². The maximum atomic E-state index is 5.49. The Hall–Kier alpha value is -0.0400. The largest absolute Gasteiger partial charge is 0.330 e. The topological polar surface area (TPSA) is 26.0 Å². The van der Waals surface area contributed by atoms with Gasteiger partial charge in [0.1, 0.15) is 0 Å². The van der Waals surface area contributed by atoms with Crippen molar-refractivity contribution in [2.45, 2.75) is 110 Å². The minimum absolute atomic E-state index is 0.872. The third kappa shape index (κ3) is 16.0. The molecule has 0 fully saturated rings. The van der Waals surface area contributed by atoms with Gasteiger partial charge in [0.15, 0.2) is 0 Å². The Kier molecular flexibility index (Phi) is 17.0. The van der Waals surface area contributed by atoms with Crippen molar-refractivity contribution in [3.05, 3.63) is 0 Å². The normalized spacial score (nSPS) is 12.8. The number of hydrogen-bond donors (Lipinski definition) is 1. The van der Waals surface area contributed by atoms with Crippen molar-refractivity contribution in [1.29, 1.82) is 0 Å². The molecule has 0 aliphatic carbocycles. The van der Waals surface area contributed by atoms with Crippen LogP contribution in [0.5, 0.6) is 0 Å². The first-order valence-electron chi connectivity index (χ1n) is 9.51. The van der Waals surface area contributed by atoms with Gasteiger partial charge in [-0.3, -0.25) is 0 Å². The fourth-order valence-electron chi connectivity index (χ4n) is 2.94. The molecule has 0 aromatic carbocycles. The molecule has 0 aliphatic heterocycles. The lowest BCUT2D eigenvalue weighted by atomic mass is 9.96. The molecule has 0 heterocycles. The molecular weight excluding hydrogens is 242 g/mol. The highest BCUT2D eigenvalue weighted by Gasteiger charge is 2.01. The molecule has 0 saturated carbocycles. The van der Waals surface area contributed by atoms with E-state index in [9.17, 15) is 0 Å². The second-order valence-corrected chi connectivity index (χ2v) is 6.71. The first kappa shape index (κ1) is 20.0. The van der Waals surface area contributed by atoms with Gasteiger partial charge in [-0.2, -0.15) is 0 Å². The Morgan fingerprint density at radius 3 is 1.45 bits per heavy atom. The van der Waals surface area contributed by atoms with E-state index in [1.54, 1.807) is 0 Å². The zero-order chi connectivity index (χ0) is 14.9. The van der Waals surface area contributed by atoms with Gasteiger partial charge < -0.3 is 5.73 Å². The van der Waals surface area contributed by atoms with E-state index in [0.717, 1.165) is 12.5 Å². The quantitative estimate of drug-likeness (QED) is 0.323. The maximum absolute atomic E-state index is 5.49. The average Bonchev–Trinajstić information content (AvgIpc) is 2.45. The van der Waals surface area contributed by atoms with Crippen LogP contribution in [-0.4, -0.2) is 6.54 Å². The Morgan fingerprint density at radius 2 is 1.00 bits per heavy atom. The van der Waals surface area contributed by atoms with Crippen LogP contribution in [0.25, 0.3) is 0 Å². The second kappa shape index (κ2) is 17.0. The highest BCUT2D eigenvalue weighted by atomic mass is 14.5. The highest BCUT2D eigenvalue weighted by Crippen LogP contribution is 2.18. The number of hydrogen-bond acceptors (Lipinski definition) is 1. The lowest BCUT2D eigenvalue weighted by molar-refractivity contribution is 0.433. The van der Waals surface area contributed by atoms with Crippen molar-refractivity contribution in [2.75, 3.05) is 6.54 Å². The third-order valence-electron chi connectivity index (χ3n) is 4.45. The summed E-state index contributed by atoms with van der Waals surface area (Å²) in [5.41, 5.74) is 5.49. The molecule has 0 aromatic heterocycles. The zero-order valence-corrected chi connectivity index (χ0v) is 14.5. The van der Waals surface area contributed by atoms with E-state index in [1.807, 2.05) is 0 Å². The molecule has 0 spiro atoms. The zero-order valence-electron chi connectivity index (χ0n) is 14.5. The number of unbranched alkanes of at least 4 members (excludes halogenated alkanes) is 11. The summed E-state index contributed by atoms with van der Waals surface area (Å²) in [5.74, 6) is 0.961. The maximum Gasteiger partial charge on any atom is -0.00773 e. The molecule has 0 saturated heterocycles. The first-order valence-corrected chi connectivity index (χ1v) is 9.51. The number of nitrogens with two attached hydrogens (primary N) is 1. The SMILES string of the molecule is CCCCCCC(C)CCCCCCCCCCCN. The molecule has 0 radical (unpaired) electrons. The smallest absolute Gasteiger partial charge is 0.00773 e. The summed E-state index contributed by atoms with van der Waals surface area (Å²) < 4.78 is 0. The van der Waals surface area contributed by atoms with E-state index in [4.69, 9.17) is 5.73 Å². The van der Waals surface area contributed by atoms with Crippen molar-refractivity contribution >= 4 is 0 Å². The van der Waals surface area contributed by atoms with Gasteiger partial charge in [-0.15, -0.1) is 0 Å². The van der Waals surface area contributed by atoms with Crippen molar-refractivity contribution in [3.8, 4) is 0 Å². The monoisotopic (exact) mass is 283 g/mol. The van der Waals surface area contributed by atoms with Crippen LogP contribution in [0, 0.1) is 5.92 Å². The van der Waals surface area contributed by atoms with Crippen LogP contribution in [0.2, 0.25) is 0 Å². The van der Waals surface area contributed by atoms with Crippen molar-refractivity contribution in [2.24, 2.45) is 11.7 Å². The Balaban J connectivity index is 3.07. The predicted octanol–water partition coefficient (Wildman–Crippen LogP) is 6.45. The van der Waals surface area contributed by atoms with Gasteiger partial charge in [0.05, 0.1) is 0 Å². The fourth-order valence-corrected chi connectivity index (χ4v) is 2.94. The lowest BCUT2D eigenvalue weighted by Crippen LogP contribution is -1.97. The molecule has 0 aliphatic rings. The molecule has 1 nitrogen and oxygen atoms in total. The standard InChI is InChI=1S/C19H41N/c1-3-4-5-13-16-19(2)17-14-11-9-7-6-8-10-12-15-18-20/h19H,3-18,20H2,1-2H3. The molecule has 20 heavy (non-hydrogen) atoms. The van der Waals surface area contributed by atoms with Crippen LogP contribution < -0.4 is 5.73 Å². The first-order chi connectivity index (χ1) is 9.81. The van der Waals surface area contributed by atoms with Crippen LogP contribution in [0.4, 0.5) is 0 Å². The Morgan fingerprint density at radius 1 is 0.600 bits per heavy atom. The van der Waals surface area contributed by atoms with Crippen molar-refractivity contribution in [1.82, 2.24) is 0 Å². The van der Waals surface area contributed by atoms with Gasteiger partial charge in [0, 0.05) is 0 Å². The molecule has 2 N–H and O–H groups in total. The third-order valence-corrected chi connectivity index (χ3v) is 4.45. The van der Waals surface area contributed by atoms with Gasteiger partial charge in [-0.05, 0) is 18.9 Å². The molecule has 0 rings (SSSR count). The van der Waals surface area contributed by atoms with Crippen molar-refractivity contribution in [3.63, 3.8) is 0 Å². The van der Waals surface area contributed by atoms with Crippen LogP contribution in [0.15, 0.2) is 0 Å². The summed E-state index contributed by atoms with van der Waals surface area (Å²) in [6, 6.07) is 0. The molecule has 1 heteroatoms. The van der Waals surface area contributed by atoms with Crippen LogP contribution in [-0.2, 0) is 0 Å².